The lowest BCUT2D eigenvalue weighted by molar-refractivity contribution is 0.0692. The minimum atomic E-state index is -1.10. The van der Waals surface area contributed by atoms with Crippen molar-refractivity contribution < 1.29 is 14.3 Å². The molecule has 1 aromatic heterocycles. The van der Waals surface area contributed by atoms with Crippen LogP contribution >= 0.6 is 11.6 Å². The third kappa shape index (κ3) is 2.36. The Balaban J connectivity index is 2.73. The van der Waals surface area contributed by atoms with E-state index in [-0.39, 0.29) is 16.3 Å². The number of carbonyl (C=O) groups is 1. The lowest BCUT2D eigenvalue weighted by Gasteiger charge is -2.05. The van der Waals surface area contributed by atoms with Gasteiger partial charge in [-0.2, -0.15) is 0 Å². The summed E-state index contributed by atoms with van der Waals surface area (Å²) < 4.78 is 14.0. The number of rotatable bonds is 3. The fourth-order valence-electron chi connectivity index (χ4n) is 2.19. The van der Waals surface area contributed by atoms with Crippen molar-refractivity contribution in [3.63, 3.8) is 0 Å². The maximum absolute atomic E-state index is 14.0. The molecule has 0 spiro atoms. The van der Waals surface area contributed by atoms with E-state index < -0.39 is 11.8 Å². The molecule has 1 aromatic carbocycles. The summed E-state index contributed by atoms with van der Waals surface area (Å²) in [6.45, 7) is 3.69. The number of aryl methyl sites for hydroxylation is 1. The molecule has 0 saturated carbocycles. The largest absolute Gasteiger partial charge is 0.477 e. The molecule has 19 heavy (non-hydrogen) atoms. The van der Waals surface area contributed by atoms with E-state index in [0.717, 1.165) is 11.3 Å². The second-order valence-corrected chi connectivity index (χ2v) is 4.70. The molecular formula is C14H13ClFNO2. The lowest BCUT2D eigenvalue weighted by atomic mass is 10.00. The Morgan fingerprint density at radius 2 is 2.16 bits per heavy atom. The number of carboxylic acid groups (broad SMARTS) is 1. The van der Waals surface area contributed by atoms with E-state index in [2.05, 4.69) is 4.98 Å². The van der Waals surface area contributed by atoms with Crippen molar-refractivity contribution in [2.45, 2.75) is 20.3 Å². The predicted molar refractivity (Wildman–Crippen MR) is 72.3 cm³/mol. The predicted octanol–water partition coefficient (Wildman–Crippen LogP) is 4.04. The SMILES string of the molecule is CCc1[nH]c(C(=O)O)c(-c2ccc(Cl)cc2F)c1C. The summed E-state index contributed by atoms with van der Waals surface area (Å²) >= 11 is 5.71. The summed E-state index contributed by atoms with van der Waals surface area (Å²) in [6.07, 6.45) is 0.654. The van der Waals surface area contributed by atoms with Crippen LogP contribution in [0.3, 0.4) is 0 Å². The number of nitrogens with one attached hydrogen (secondary N) is 1. The first-order valence-corrected chi connectivity index (χ1v) is 6.23. The van der Waals surface area contributed by atoms with Gasteiger partial charge in [0.15, 0.2) is 0 Å². The van der Waals surface area contributed by atoms with Crippen molar-refractivity contribution >= 4 is 17.6 Å². The van der Waals surface area contributed by atoms with Crippen LogP contribution < -0.4 is 0 Å². The fraction of sp³-hybridized carbons (Fsp3) is 0.214. The second-order valence-electron chi connectivity index (χ2n) is 4.26. The number of hydrogen-bond acceptors (Lipinski definition) is 1. The molecule has 0 atom stereocenters. The smallest absolute Gasteiger partial charge is 0.352 e. The summed E-state index contributed by atoms with van der Waals surface area (Å²) in [5.74, 6) is -1.63. The number of halogens is 2. The Kier molecular flexibility index (Phi) is 3.62. The Morgan fingerprint density at radius 1 is 1.47 bits per heavy atom. The molecular weight excluding hydrogens is 269 g/mol. The van der Waals surface area contributed by atoms with Crippen LogP contribution in [0.2, 0.25) is 5.02 Å². The fourth-order valence-corrected chi connectivity index (χ4v) is 2.35. The molecule has 0 aliphatic carbocycles. The quantitative estimate of drug-likeness (QED) is 0.892. The van der Waals surface area contributed by atoms with Crippen molar-refractivity contribution in [3.05, 3.63) is 46.0 Å². The summed E-state index contributed by atoms with van der Waals surface area (Å²) in [7, 11) is 0. The average Bonchev–Trinajstić information content (AvgIpc) is 2.67. The van der Waals surface area contributed by atoms with E-state index in [4.69, 9.17) is 11.6 Å². The van der Waals surface area contributed by atoms with E-state index in [0.29, 0.717) is 12.0 Å². The van der Waals surface area contributed by atoms with E-state index >= 15 is 0 Å². The zero-order chi connectivity index (χ0) is 14.2. The van der Waals surface area contributed by atoms with Crippen LogP contribution in [0.4, 0.5) is 4.39 Å². The molecule has 3 nitrogen and oxygen atoms in total. The molecule has 2 N–H and O–H groups in total. The van der Waals surface area contributed by atoms with Crippen molar-refractivity contribution in [2.24, 2.45) is 0 Å². The summed E-state index contributed by atoms with van der Waals surface area (Å²) in [5.41, 5.74) is 2.19. The summed E-state index contributed by atoms with van der Waals surface area (Å²) in [6, 6.07) is 4.23. The number of carboxylic acids is 1. The van der Waals surface area contributed by atoms with Gasteiger partial charge in [0, 0.05) is 21.8 Å². The highest BCUT2D eigenvalue weighted by Gasteiger charge is 2.22. The van der Waals surface area contributed by atoms with Crippen LogP contribution in [0.25, 0.3) is 11.1 Å². The molecule has 0 aliphatic rings. The van der Waals surface area contributed by atoms with Crippen molar-refractivity contribution in [1.29, 1.82) is 0 Å². The highest BCUT2D eigenvalue weighted by atomic mass is 35.5. The first-order valence-electron chi connectivity index (χ1n) is 5.85. The molecule has 0 unspecified atom stereocenters. The normalized spacial score (nSPS) is 10.7. The van der Waals surface area contributed by atoms with Crippen molar-refractivity contribution in [3.8, 4) is 11.1 Å². The number of aromatic nitrogens is 1. The molecule has 0 saturated heterocycles. The zero-order valence-corrected chi connectivity index (χ0v) is 11.3. The van der Waals surface area contributed by atoms with E-state index in [1.54, 1.807) is 13.0 Å². The highest BCUT2D eigenvalue weighted by Crippen LogP contribution is 2.33. The van der Waals surface area contributed by atoms with Crippen LogP contribution in [0, 0.1) is 12.7 Å². The zero-order valence-electron chi connectivity index (χ0n) is 10.6. The van der Waals surface area contributed by atoms with Crippen LogP contribution in [-0.2, 0) is 6.42 Å². The number of H-pyrrole nitrogens is 1. The van der Waals surface area contributed by atoms with Gasteiger partial charge in [0.05, 0.1) is 0 Å². The lowest BCUT2D eigenvalue weighted by Crippen LogP contribution is -2.00. The van der Waals surface area contributed by atoms with Crippen LogP contribution in [0.5, 0.6) is 0 Å². The molecule has 2 rings (SSSR count). The molecule has 1 heterocycles. The Bertz CT molecular complexity index is 649. The molecule has 5 heteroatoms. The van der Waals surface area contributed by atoms with Gasteiger partial charge in [-0.05, 0) is 37.1 Å². The number of aromatic carboxylic acids is 1. The molecule has 2 aromatic rings. The number of aromatic amines is 1. The highest BCUT2D eigenvalue weighted by molar-refractivity contribution is 6.30. The Labute approximate surface area is 115 Å². The second kappa shape index (κ2) is 5.05. The van der Waals surface area contributed by atoms with Gasteiger partial charge in [-0.1, -0.05) is 18.5 Å². The minimum Gasteiger partial charge on any atom is -0.477 e. The topological polar surface area (TPSA) is 53.1 Å². The van der Waals surface area contributed by atoms with Gasteiger partial charge in [-0.25, -0.2) is 9.18 Å². The molecule has 0 fully saturated rings. The van der Waals surface area contributed by atoms with Crippen molar-refractivity contribution in [2.75, 3.05) is 0 Å². The average molecular weight is 282 g/mol. The van der Waals surface area contributed by atoms with Gasteiger partial charge in [0.2, 0.25) is 0 Å². The van der Waals surface area contributed by atoms with E-state index in [1.165, 1.54) is 12.1 Å². The van der Waals surface area contributed by atoms with Gasteiger partial charge in [0.1, 0.15) is 11.5 Å². The van der Waals surface area contributed by atoms with Gasteiger partial charge in [-0.3, -0.25) is 0 Å². The van der Waals surface area contributed by atoms with Crippen LogP contribution in [-0.4, -0.2) is 16.1 Å². The van der Waals surface area contributed by atoms with Crippen LogP contribution in [0.15, 0.2) is 18.2 Å². The van der Waals surface area contributed by atoms with Gasteiger partial charge >= 0.3 is 5.97 Å². The number of benzene rings is 1. The first-order chi connectivity index (χ1) is 8.95. The summed E-state index contributed by atoms with van der Waals surface area (Å²) in [4.78, 5) is 14.1. The maximum atomic E-state index is 14.0. The third-order valence-electron chi connectivity index (χ3n) is 3.12. The standard InChI is InChI=1S/C14H13ClFNO2/c1-3-11-7(2)12(13(17-11)14(18)19)9-5-4-8(15)6-10(9)16/h4-6,17H,3H2,1-2H3,(H,18,19). The number of hydrogen-bond donors (Lipinski definition) is 2. The molecule has 0 aliphatic heterocycles. The van der Waals surface area contributed by atoms with Gasteiger partial charge in [-0.15, -0.1) is 0 Å². The summed E-state index contributed by atoms with van der Waals surface area (Å²) in [5, 5.41) is 9.51. The monoisotopic (exact) mass is 281 g/mol. The third-order valence-corrected chi connectivity index (χ3v) is 3.36. The van der Waals surface area contributed by atoms with Gasteiger partial charge < -0.3 is 10.1 Å². The Hall–Kier alpha value is -1.81. The minimum absolute atomic E-state index is 0.00979. The molecule has 0 amide bonds. The van der Waals surface area contributed by atoms with E-state index in [1.807, 2.05) is 6.92 Å². The van der Waals surface area contributed by atoms with Crippen molar-refractivity contribution in [1.82, 2.24) is 4.98 Å². The Morgan fingerprint density at radius 3 is 2.68 bits per heavy atom. The van der Waals surface area contributed by atoms with Gasteiger partial charge in [0.25, 0.3) is 0 Å². The molecule has 0 bridgehead atoms. The molecule has 100 valence electrons. The maximum Gasteiger partial charge on any atom is 0.352 e. The first kappa shape index (κ1) is 13.6. The molecule has 0 radical (unpaired) electrons. The van der Waals surface area contributed by atoms with E-state index in [9.17, 15) is 14.3 Å². The van der Waals surface area contributed by atoms with Crippen LogP contribution in [0.1, 0.15) is 28.7 Å².